The quantitative estimate of drug-likeness (QED) is 0.479. The molecule has 9 heavy (non-hydrogen) atoms. The van der Waals surface area contributed by atoms with E-state index in [0.29, 0.717) is 0 Å². The molecule has 0 saturated carbocycles. The van der Waals surface area contributed by atoms with E-state index in [-0.39, 0.29) is 27.0 Å². The van der Waals surface area contributed by atoms with Crippen LogP contribution in [-0.4, -0.2) is 19.0 Å². The summed E-state index contributed by atoms with van der Waals surface area (Å²) in [6.07, 6.45) is 0. The molecule has 2 aliphatic heterocycles. The van der Waals surface area contributed by atoms with E-state index in [1.54, 1.807) is 0 Å². The molecule has 0 aromatic heterocycles. The first kappa shape index (κ1) is 6.12. The standard InChI is InChI=1S/C6H8IO2/c1-6(5-4-7-5)8-2-3-9-6/h4H,2-3H2,1H3/q-1. The summed E-state index contributed by atoms with van der Waals surface area (Å²) in [5, 5.41) is 0. The molecule has 0 spiro atoms. The molecule has 3 heteroatoms. The number of hydrogen-bond donors (Lipinski definition) is 0. The van der Waals surface area contributed by atoms with Crippen LogP contribution >= 0.6 is 0 Å². The molecule has 0 aromatic carbocycles. The van der Waals surface area contributed by atoms with Gasteiger partial charge in [0.05, 0.1) is 0 Å². The van der Waals surface area contributed by atoms with Crippen LogP contribution in [0.25, 0.3) is 0 Å². The van der Waals surface area contributed by atoms with Crippen LogP contribution in [0.15, 0.2) is 7.66 Å². The molecule has 1 fully saturated rings. The molecule has 0 radical (unpaired) electrons. The second-order valence-corrected chi connectivity index (χ2v) is 4.62. The van der Waals surface area contributed by atoms with Crippen molar-refractivity contribution in [2.75, 3.05) is 13.2 Å². The van der Waals surface area contributed by atoms with E-state index < -0.39 is 0 Å². The molecular formula is C6H8IO2-. The van der Waals surface area contributed by atoms with Gasteiger partial charge >= 0.3 is 64.3 Å². The summed E-state index contributed by atoms with van der Waals surface area (Å²) in [5.74, 6) is -0.284. The second-order valence-electron chi connectivity index (χ2n) is 2.21. The van der Waals surface area contributed by atoms with Gasteiger partial charge in [-0.2, -0.15) is 0 Å². The fourth-order valence-corrected chi connectivity index (χ4v) is 2.48. The van der Waals surface area contributed by atoms with E-state index in [2.05, 4.69) is 4.08 Å². The zero-order valence-corrected chi connectivity index (χ0v) is 7.34. The first-order valence-electron chi connectivity index (χ1n) is 2.93. The predicted molar refractivity (Wildman–Crippen MR) is 28.4 cm³/mol. The molecule has 0 bridgehead atoms. The van der Waals surface area contributed by atoms with E-state index in [1.807, 2.05) is 6.92 Å². The molecule has 1 saturated heterocycles. The van der Waals surface area contributed by atoms with E-state index in [1.165, 1.54) is 3.58 Å². The van der Waals surface area contributed by atoms with Gasteiger partial charge in [0.15, 0.2) is 0 Å². The third-order valence-corrected chi connectivity index (χ3v) is 3.72. The van der Waals surface area contributed by atoms with Gasteiger partial charge in [0.25, 0.3) is 0 Å². The van der Waals surface area contributed by atoms with Crippen molar-refractivity contribution in [1.82, 2.24) is 0 Å². The van der Waals surface area contributed by atoms with E-state index in [9.17, 15) is 0 Å². The second kappa shape index (κ2) is 1.93. The van der Waals surface area contributed by atoms with Gasteiger partial charge in [0.1, 0.15) is 0 Å². The fourth-order valence-electron chi connectivity index (χ4n) is 0.878. The van der Waals surface area contributed by atoms with Gasteiger partial charge < -0.3 is 0 Å². The molecule has 2 heterocycles. The van der Waals surface area contributed by atoms with Crippen LogP contribution in [0.3, 0.4) is 0 Å². The van der Waals surface area contributed by atoms with Gasteiger partial charge in [-0.05, 0) is 0 Å². The first-order valence-corrected chi connectivity index (χ1v) is 5.26. The molecule has 52 valence electrons. The van der Waals surface area contributed by atoms with E-state index in [4.69, 9.17) is 9.47 Å². The van der Waals surface area contributed by atoms with Crippen molar-refractivity contribution >= 4 is 0 Å². The van der Waals surface area contributed by atoms with Gasteiger partial charge in [0.2, 0.25) is 0 Å². The Morgan fingerprint density at radius 3 is 2.56 bits per heavy atom. The van der Waals surface area contributed by atoms with Gasteiger partial charge in [-0.25, -0.2) is 0 Å². The molecule has 0 atom stereocenters. The van der Waals surface area contributed by atoms with Crippen molar-refractivity contribution in [2.24, 2.45) is 0 Å². The summed E-state index contributed by atoms with van der Waals surface area (Å²) in [6.45, 7) is 3.54. The molecule has 0 aliphatic carbocycles. The minimum atomic E-state index is -0.284. The zero-order valence-electron chi connectivity index (χ0n) is 5.19. The fraction of sp³-hybridized carbons (Fsp3) is 0.667. The maximum absolute atomic E-state index is 5.40. The number of halogens is 1. The Kier molecular flexibility index (Phi) is 1.32. The normalized spacial score (nSPS) is 31.0. The van der Waals surface area contributed by atoms with Crippen LogP contribution in [0, 0.1) is 0 Å². The van der Waals surface area contributed by atoms with Crippen LogP contribution in [0.1, 0.15) is 6.92 Å². The first-order chi connectivity index (χ1) is 4.31. The topological polar surface area (TPSA) is 18.5 Å². The third-order valence-electron chi connectivity index (χ3n) is 1.49. The van der Waals surface area contributed by atoms with Gasteiger partial charge in [-0.3, -0.25) is 0 Å². The number of ether oxygens (including phenoxy) is 2. The molecule has 0 unspecified atom stereocenters. The van der Waals surface area contributed by atoms with Gasteiger partial charge in [-0.1, -0.05) is 0 Å². The van der Waals surface area contributed by atoms with Crippen molar-refractivity contribution in [2.45, 2.75) is 12.7 Å². The van der Waals surface area contributed by atoms with Crippen molar-refractivity contribution < 1.29 is 30.7 Å². The SMILES string of the molecule is CC1(C2=C[I-]2)OCCO1. The van der Waals surface area contributed by atoms with Crippen molar-refractivity contribution in [3.05, 3.63) is 7.66 Å². The Labute approximate surface area is 64.5 Å². The Morgan fingerprint density at radius 1 is 1.56 bits per heavy atom. The maximum atomic E-state index is 5.40. The summed E-state index contributed by atoms with van der Waals surface area (Å²) in [6, 6.07) is 0. The average Bonchev–Trinajstić information content (AvgIpc) is 2.60. The van der Waals surface area contributed by atoms with Gasteiger partial charge in [-0.15, -0.1) is 0 Å². The number of rotatable bonds is 1. The summed E-state index contributed by atoms with van der Waals surface area (Å²) >= 11 is 0.253. The molecule has 0 amide bonds. The monoisotopic (exact) mass is 239 g/mol. The molecule has 2 aliphatic rings. The Hall–Kier alpha value is 0.390. The van der Waals surface area contributed by atoms with Crippen molar-refractivity contribution in [1.29, 1.82) is 0 Å². The van der Waals surface area contributed by atoms with Gasteiger partial charge in [0, 0.05) is 0 Å². The number of hydrogen-bond acceptors (Lipinski definition) is 2. The Bertz CT molecular complexity index is 158. The van der Waals surface area contributed by atoms with Crippen LogP contribution < -0.4 is 21.2 Å². The van der Waals surface area contributed by atoms with E-state index in [0.717, 1.165) is 13.2 Å². The molecule has 0 aromatic rings. The van der Waals surface area contributed by atoms with Crippen molar-refractivity contribution in [3.8, 4) is 0 Å². The Morgan fingerprint density at radius 2 is 2.11 bits per heavy atom. The van der Waals surface area contributed by atoms with Crippen LogP contribution in [0.5, 0.6) is 0 Å². The van der Waals surface area contributed by atoms with Crippen LogP contribution in [0.4, 0.5) is 0 Å². The molecular weight excluding hydrogens is 231 g/mol. The summed E-state index contributed by atoms with van der Waals surface area (Å²) in [7, 11) is 0. The summed E-state index contributed by atoms with van der Waals surface area (Å²) in [4.78, 5) is 0. The third kappa shape index (κ3) is 1.01. The predicted octanol–water partition coefficient (Wildman–Crippen LogP) is -2.31. The molecule has 2 rings (SSSR count). The van der Waals surface area contributed by atoms with Crippen LogP contribution in [0.2, 0.25) is 0 Å². The van der Waals surface area contributed by atoms with E-state index >= 15 is 0 Å². The summed E-state index contributed by atoms with van der Waals surface area (Å²) < 4.78 is 14.5. The average molecular weight is 239 g/mol. The molecule has 2 nitrogen and oxygen atoms in total. The molecule has 0 N–H and O–H groups in total. The Balaban J connectivity index is 2.11. The van der Waals surface area contributed by atoms with Crippen molar-refractivity contribution in [3.63, 3.8) is 0 Å². The minimum absolute atomic E-state index is 0.253. The summed E-state index contributed by atoms with van der Waals surface area (Å²) in [5.41, 5.74) is 0. The van der Waals surface area contributed by atoms with Crippen LogP contribution in [-0.2, 0) is 9.47 Å². The zero-order chi connectivity index (χ0) is 6.32.